The second kappa shape index (κ2) is 5.93. The zero-order chi connectivity index (χ0) is 14.8. The van der Waals surface area contributed by atoms with Crippen molar-refractivity contribution in [3.63, 3.8) is 0 Å². The molecule has 5 heteroatoms. The normalized spacial score (nSPS) is 17.4. The van der Waals surface area contributed by atoms with E-state index in [-0.39, 0.29) is 6.10 Å². The Hall–Kier alpha value is -1.75. The highest BCUT2D eigenvalue weighted by Gasteiger charge is 2.24. The van der Waals surface area contributed by atoms with Gasteiger partial charge in [0.05, 0.1) is 0 Å². The lowest BCUT2D eigenvalue weighted by Crippen LogP contribution is -2.19. The number of ether oxygens (including phenoxy) is 1. The molecule has 0 radical (unpaired) electrons. The molecule has 0 bridgehead atoms. The quantitative estimate of drug-likeness (QED) is 0.940. The van der Waals surface area contributed by atoms with Gasteiger partial charge in [-0.15, -0.1) is 11.8 Å². The summed E-state index contributed by atoms with van der Waals surface area (Å²) in [7, 11) is 0. The van der Waals surface area contributed by atoms with Crippen molar-refractivity contribution >= 4 is 17.6 Å². The number of benzene rings is 1. The Balaban J connectivity index is 1.86. The average molecular weight is 301 g/mol. The van der Waals surface area contributed by atoms with E-state index in [0.29, 0.717) is 17.6 Å². The first-order valence-electron chi connectivity index (χ1n) is 7.13. The van der Waals surface area contributed by atoms with E-state index >= 15 is 0 Å². The average Bonchev–Trinajstić information content (AvgIpc) is 2.45. The van der Waals surface area contributed by atoms with Crippen LogP contribution in [0, 0.1) is 5.92 Å². The Labute approximate surface area is 129 Å². The molecule has 2 N–H and O–H groups in total. The maximum absolute atomic E-state index is 6.03. The van der Waals surface area contributed by atoms with Gasteiger partial charge in [0.25, 0.3) is 0 Å². The van der Waals surface area contributed by atoms with Crippen LogP contribution < -0.4 is 10.5 Å². The lowest BCUT2D eigenvalue weighted by Gasteiger charge is -2.24. The predicted molar refractivity (Wildman–Crippen MR) is 85.5 cm³/mol. The first kappa shape index (κ1) is 14.2. The fourth-order valence-electron chi connectivity index (χ4n) is 2.35. The highest BCUT2D eigenvalue weighted by atomic mass is 32.2. The second-order valence-corrected chi connectivity index (χ2v) is 6.67. The van der Waals surface area contributed by atoms with Crippen molar-refractivity contribution in [1.29, 1.82) is 0 Å². The smallest absolute Gasteiger partial charge is 0.172 e. The number of hydrogen-bond acceptors (Lipinski definition) is 5. The van der Waals surface area contributed by atoms with Crippen LogP contribution in [-0.4, -0.2) is 15.7 Å². The monoisotopic (exact) mass is 301 g/mol. The van der Waals surface area contributed by atoms with Gasteiger partial charge >= 0.3 is 0 Å². The molecule has 3 rings (SSSR count). The maximum Gasteiger partial charge on any atom is 0.172 e. The van der Waals surface area contributed by atoms with Crippen LogP contribution in [-0.2, 0) is 6.42 Å². The third-order valence-electron chi connectivity index (χ3n) is 3.23. The van der Waals surface area contributed by atoms with Crippen LogP contribution in [0.3, 0.4) is 0 Å². The number of nitrogens with two attached hydrogens (primary N) is 1. The number of nitrogen functional groups attached to an aromatic ring is 1. The molecule has 110 valence electrons. The molecular formula is C16H19N3OS. The first-order chi connectivity index (χ1) is 10.1. The molecule has 21 heavy (non-hydrogen) atoms. The molecule has 0 saturated carbocycles. The molecule has 1 aliphatic heterocycles. The minimum absolute atomic E-state index is 0.140. The van der Waals surface area contributed by atoms with E-state index in [1.54, 1.807) is 11.8 Å². The molecule has 4 nitrogen and oxygen atoms in total. The van der Waals surface area contributed by atoms with Crippen molar-refractivity contribution in [2.75, 3.05) is 11.5 Å². The molecule has 0 fully saturated rings. The zero-order valence-electron chi connectivity index (χ0n) is 12.2. The number of aromatic nitrogens is 2. The largest absolute Gasteiger partial charge is 0.480 e. The fraction of sp³-hybridized carbons (Fsp3) is 0.375. The lowest BCUT2D eigenvalue weighted by atomic mass is 10.1. The summed E-state index contributed by atoms with van der Waals surface area (Å²) in [5.41, 5.74) is 6.91. The van der Waals surface area contributed by atoms with E-state index < -0.39 is 0 Å². The van der Waals surface area contributed by atoms with Crippen LogP contribution in [0.1, 0.15) is 31.5 Å². The Morgan fingerprint density at radius 2 is 2.14 bits per heavy atom. The van der Waals surface area contributed by atoms with E-state index in [2.05, 4.69) is 29.9 Å². The van der Waals surface area contributed by atoms with Gasteiger partial charge in [0.2, 0.25) is 0 Å². The second-order valence-electron chi connectivity index (χ2n) is 5.60. The molecule has 1 aliphatic rings. The van der Waals surface area contributed by atoms with E-state index in [9.17, 15) is 0 Å². The number of fused-ring (bicyclic) bond motifs is 1. The zero-order valence-corrected chi connectivity index (χ0v) is 13.1. The Kier molecular flexibility index (Phi) is 4.01. The van der Waals surface area contributed by atoms with Gasteiger partial charge in [-0.25, -0.2) is 9.97 Å². The Bertz CT molecular complexity index is 645. The van der Waals surface area contributed by atoms with Crippen molar-refractivity contribution in [2.45, 2.75) is 31.3 Å². The van der Waals surface area contributed by atoms with Crippen LogP contribution in [0.4, 0.5) is 5.82 Å². The molecule has 0 amide bonds. The number of nitrogens with zero attached hydrogens (tertiary/aromatic N) is 2. The summed E-state index contributed by atoms with van der Waals surface area (Å²) in [4.78, 5) is 10.2. The molecule has 2 heterocycles. The van der Waals surface area contributed by atoms with Gasteiger partial charge in [-0.05, 0) is 24.5 Å². The van der Waals surface area contributed by atoms with Crippen molar-refractivity contribution in [3.05, 3.63) is 41.9 Å². The summed E-state index contributed by atoms with van der Waals surface area (Å²) in [5.74, 6) is 3.45. The number of thioether (sulfide) groups is 1. The molecule has 0 saturated heterocycles. The Morgan fingerprint density at radius 1 is 1.33 bits per heavy atom. The summed E-state index contributed by atoms with van der Waals surface area (Å²) in [6.07, 6.45) is 0.759. The van der Waals surface area contributed by atoms with Crippen molar-refractivity contribution < 1.29 is 4.74 Å². The van der Waals surface area contributed by atoms with E-state index in [1.807, 2.05) is 24.3 Å². The van der Waals surface area contributed by atoms with E-state index in [1.165, 1.54) is 4.90 Å². The van der Waals surface area contributed by atoms with E-state index in [4.69, 9.17) is 10.5 Å². The minimum atomic E-state index is -0.140. The predicted octanol–water partition coefficient (Wildman–Crippen LogP) is 3.48. The third-order valence-corrected chi connectivity index (χ3v) is 4.35. The van der Waals surface area contributed by atoms with Gasteiger partial charge in [0.15, 0.2) is 11.9 Å². The van der Waals surface area contributed by atoms with Crippen LogP contribution in [0.5, 0.6) is 5.75 Å². The highest BCUT2D eigenvalue weighted by Crippen LogP contribution is 2.39. The molecule has 0 aliphatic carbocycles. The number of anilines is 1. The van der Waals surface area contributed by atoms with Crippen molar-refractivity contribution in [3.8, 4) is 5.75 Å². The molecule has 2 aromatic rings. The van der Waals surface area contributed by atoms with Gasteiger partial charge in [-0.3, -0.25) is 0 Å². The van der Waals surface area contributed by atoms with Crippen LogP contribution in [0.2, 0.25) is 0 Å². The summed E-state index contributed by atoms with van der Waals surface area (Å²) in [6.45, 7) is 4.34. The molecule has 1 atom stereocenters. The minimum Gasteiger partial charge on any atom is -0.480 e. The number of hydrogen-bond donors (Lipinski definition) is 1. The van der Waals surface area contributed by atoms with Crippen LogP contribution >= 0.6 is 11.8 Å². The lowest BCUT2D eigenvalue weighted by molar-refractivity contribution is 0.210. The fourth-order valence-corrected chi connectivity index (χ4v) is 3.33. The van der Waals surface area contributed by atoms with Crippen molar-refractivity contribution in [1.82, 2.24) is 9.97 Å². The SMILES string of the molecule is CC(C)Cc1cc(N)nc(C2CSc3ccccc3O2)n1. The molecule has 1 aromatic heterocycles. The third kappa shape index (κ3) is 3.29. The Morgan fingerprint density at radius 3 is 2.95 bits per heavy atom. The van der Waals surface area contributed by atoms with Gasteiger partial charge in [0, 0.05) is 22.4 Å². The molecule has 1 unspecified atom stereocenters. The highest BCUT2D eigenvalue weighted by molar-refractivity contribution is 7.99. The van der Waals surface area contributed by atoms with Crippen LogP contribution in [0.15, 0.2) is 35.2 Å². The van der Waals surface area contributed by atoms with E-state index in [0.717, 1.165) is 23.6 Å². The van der Waals surface area contributed by atoms with Crippen molar-refractivity contribution in [2.24, 2.45) is 5.92 Å². The number of rotatable bonds is 3. The number of para-hydroxylation sites is 1. The summed E-state index contributed by atoms with van der Waals surface area (Å²) in [6, 6.07) is 9.91. The van der Waals surface area contributed by atoms with Gasteiger partial charge in [-0.1, -0.05) is 26.0 Å². The summed E-state index contributed by atoms with van der Waals surface area (Å²) < 4.78 is 6.03. The van der Waals surface area contributed by atoms with Gasteiger partial charge < -0.3 is 10.5 Å². The maximum atomic E-state index is 6.03. The molecule has 0 spiro atoms. The first-order valence-corrected chi connectivity index (χ1v) is 8.12. The van der Waals surface area contributed by atoms with Gasteiger partial charge in [-0.2, -0.15) is 0 Å². The van der Waals surface area contributed by atoms with Crippen LogP contribution in [0.25, 0.3) is 0 Å². The molecule has 1 aromatic carbocycles. The molecular weight excluding hydrogens is 282 g/mol. The topological polar surface area (TPSA) is 61.0 Å². The van der Waals surface area contributed by atoms with Gasteiger partial charge in [0.1, 0.15) is 11.6 Å². The standard InChI is InChI=1S/C16H19N3OS/c1-10(2)7-11-8-15(17)19-16(18-11)13-9-21-14-6-4-3-5-12(14)20-13/h3-6,8,10,13H,7,9H2,1-2H3,(H2,17,18,19). The summed E-state index contributed by atoms with van der Waals surface area (Å²) in [5, 5.41) is 0. The summed E-state index contributed by atoms with van der Waals surface area (Å²) >= 11 is 1.77.